The van der Waals surface area contributed by atoms with Crippen molar-refractivity contribution in [1.82, 2.24) is 0 Å². The summed E-state index contributed by atoms with van der Waals surface area (Å²) in [5.41, 5.74) is 7.34. The summed E-state index contributed by atoms with van der Waals surface area (Å²) >= 11 is 3.21. The Bertz CT molecular complexity index is 528. The Hall–Kier alpha value is -1.39. The van der Waals surface area contributed by atoms with E-state index in [0.717, 1.165) is 16.9 Å². The number of hydrogen-bond donors (Lipinski definition) is 1. The van der Waals surface area contributed by atoms with E-state index in [1.807, 2.05) is 30.3 Å². The topological polar surface area (TPSA) is 35.2 Å². The summed E-state index contributed by atoms with van der Waals surface area (Å²) < 4.78 is 19.3. The summed E-state index contributed by atoms with van der Waals surface area (Å²) in [6.07, 6.45) is 0. The molecule has 2 aromatic carbocycles. The first kappa shape index (κ1) is 13.1. The lowest BCUT2D eigenvalue weighted by Crippen LogP contribution is -1.99. The molecule has 0 saturated carbocycles. The van der Waals surface area contributed by atoms with E-state index in [-0.39, 0.29) is 5.82 Å². The molecule has 0 radical (unpaired) electrons. The van der Waals surface area contributed by atoms with Crippen molar-refractivity contribution in [1.29, 1.82) is 0 Å². The van der Waals surface area contributed by atoms with Crippen molar-refractivity contribution in [2.75, 3.05) is 0 Å². The Morgan fingerprint density at radius 2 is 1.83 bits per heavy atom. The van der Waals surface area contributed by atoms with E-state index in [0.29, 0.717) is 17.6 Å². The summed E-state index contributed by atoms with van der Waals surface area (Å²) in [6.45, 7) is 0.829. The van der Waals surface area contributed by atoms with Gasteiger partial charge < -0.3 is 10.5 Å². The van der Waals surface area contributed by atoms with E-state index in [1.54, 1.807) is 6.07 Å². The Balaban J connectivity index is 2.04. The van der Waals surface area contributed by atoms with E-state index in [4.69, 9.17) is 10.5 Å². The van der Waals surface area contributed by atoms with Gasteiger partial charge in [-0.25, -0.2) is 4.39 Å². The molecule has 0 saturated heterocycles. The van der Waals surface area contributed by atoms with Crippen molar-refractivity contribution < 1.29 is 9.13 Å². The maximum Gasteiger partial charge on any atom is 0.137 e. The van der Waals surface area contributed by atoms with Gasteiger partial charge in [0.15, 0.2) is 0 Å². The molecule has 0 unspecified atom stereocenters. The maximum absolute atomic E-state index is 13.3. The molecule has 0 aromatic heterocycles. The molecule has 0 fully saturated rings. The van der Waals surface area contributed by atoms with Gasteiger partial charge in [-0.2, -0.15) is 0 Å². The van der Waals surface area contributed by atoms with Crippen LogP contribution < -0.4 is 10.5 Å². The highest BCUT2D eigenvalue weighted by atomic mass is 79.9. The van der Waals surface area contributed by atoms with Crippen molar-refractivity contribution >= 4 is 15.9 Å². The average Bonchev–Trinajstić information content (AvgIpc) is 2.41. The van der Waals surface area contributed by atoms with Gasteiger partial charge in [-0.3, -0.25) is 0 Å². The Morgan fingerprint density at radius 1 is 1.11 bits per heavy atom. The molecule has 0 aliphatic heterocycles. The summed E-state index contributed by atoms with van der Waals surface area (Å²) in [5.74, 6) is 0.456. The second-order valence-corrected chi connectivity index (χ2v) is 4.64. The molecule has 18 heavy (non-hydrogen) atoms. The summed E-state index contributed by atoms with van der Waals surface area (Å²) in [5, 5.41) is 0. The van der Waals surface area contributed by atoms with E-state index >= 15 is 0 Å². The molecule has 0 bridgehead atoms. The molecule has 0 heterocycles. The second kappa shape index (κ2) is 5.98. The average molecular weight is 310 g/mol. The molecule has 0 spiro atoms. The van der Waals surface area contributed by atoms with Crippen molar-refractivity contribution in [3.8, 4) is 5.75 Å². The molecule has 94 valence electrons. The molecule has 2 nitrogen and oxygen atoms in total. The molecular weight excluding hydrogens is 297 g/mol. The number of halogens is 2. The second-order valence-electron chi connectivity index (χ2n) is 3.85. The molecule has 2 aromatic rings. The lowest BCUT2D eigenvalue weighted by Gasteiger charge is -2.08. The predicted molar refractivity (Wildman–Crippen MR) is 72.8 cm³/mol. The Kier molecular flexibility index (Phi) is 4.33. The molecule has 4 heteroatoms. The van der Waals surface area contributed by atoms with Crippen LogP contribution in [0.25, 0.3) is 0 Å². The largest absolute Gasteiger partial charge is 0.489 e. The van der Waals surface area contributed by atoms with Crippen molar-refractivity contribution in [2.24, 2.45) is 5.73 Å². The van der Waals surface area contributed by atoms with Crippen LogP contribution in [0.15, 0.2) is 46.9 Å². The standard InChI is InChI=1S/C14H13BrFNO/c15-14-11(2-1-3-13(14)16)9-18-12-6-4-10(8-17)5-7-12/h1-7H,8-9,17H2. The van der Waals surface area contributed by atoms with Gasteiger partial charge >= 0.3 is 0 Å². The first-order valence-corrected chi connectivity index (χ1v) is 6.34. The molecule has 0 aliphatic rings. The number of nitrogens with two attached hydrogens (primary N) is 1. The van der Waals surface area contributed by atoms with Crippen LogP contribution in [0.2, 0.25) is 0 Å². The zero-order valence-corrected chi connectivity index (χ0v) is 11.3. The van der Waals surface area contributed by atoms with Gasteiger partial charge in [-0.05, 0) is 39.7 Å². The maximum atomic E-state index is 13.3. The van der Waals surface area contributed by atoms with Crippen LogP contribution in [0.5, 0.6) is 5.75 Å². The molecular formula is C14H13BrFNO. The third kappa shape index (κ3) is 3.09. The monoisotopic (exact) mass is 309 g/mol. The number of ether oxygens (including phenoxy) is 1. The fourth-order valence-corrected chi connectivity index (χ4v) is 1.92. The molecule has 2 rings (SSSR count). The highest BCUT2D eigenvalue weighted by Crippen LogP contribution is 2.22. The number of rotatable bonds is 4. The Labute approximate surface area is 114 Å². The van der Waals surface area contributed by atoms with Crippen molar-refractivity contribution in [3.05, 3.63) is 63.9 Å². The Morgan fingerprint density at radius 3 is 2.50 bits per heavy atom. The van der Waals surface area contributed by atoms with Crippen molar-refractivity contribution in [2.45, 2.75) is 13.2 Å². The number of hydrogen-bond acceptors (Lipinski definition) is 2. The first-order valence-electron chi connectivity index (χ1n) is 5.55. The van der Waals surface area contributed by atoms with E-state index in [1.165, 1.54) is 6.07 Å². The lowest BCUT2D eigenvalue weighted by molar-refractivity contribution is 0.304. The molecule has 0 atom stereocenters. The fraction of sp³-hybridized carbons (Fsp3) is 0.143. The fourth-order valence-electron chi connectivity index (χ4n) is 1.54. The summed E-state index contributed by atoms with van der Waals surface area (Å²) in [6, 6.07) is 12.4. The third-order valence-electron chi connectivity index (χ3n) is 2.58. The highest BCUT2D eigenvalue weighted by molar-refractivity contribution is 9.10. The van der Waals surface area contributed by atoms with Crippen LogP contribution in [0.4, 0.5) is 4.39 Å². The quantitative estimate of drug-likeness (QED) is 0.936. The van der Waals surface area contributed by atoms with Crippen LogP contribution in [0.1, 0.15) is 11.1 Å². The summed E-state index contributed by atoms with van der Waals surface area (Å²) in [7, 11) is 0. The SMILES string of the molecule is NCc1ccc(OCc2cccc(F)c2Br)cc1. The van der Waals surface area contributed by atoms with E-state index in [9.17, 15) is 4.39 Å². The van der Waals surface area contributed by atoms with Crippen LogP contribution >= 0.6 is 15.9 Å². The van der Waals surface area contributed by atoms with Gasteiger partial charge in [0.05, 0.1) is 4.47 Å². The summed E-state index contributed by atoms with van der Waals surface area (Å²) in [4.78, 5) is 0. The minimum absolute atomic E-state index is 0.283. The number of benzene rings is 2. The normalized spacial score (nSPS) is 10.4. The van der Waals surface area contributed by atoms with Gasteiger partial charge in [-0.15, -0.1) is 0 Å². The van der Waals surface area contributed by atoms with Gasteiger partial charge in [0.25, 0.3) is 0 Å². The third-order valence-corrected chi connectivity index (χ3v) is 3.47. The minimum Gasteiger partial charge on any atom is -0.489 e. The van der Waals surface area contributed by atoms with Gasteiger partial charge in [0, 0.05) is 12.1 Å². The molecule has 0 aliphatic carbocycles. The molecule has 2 N–H and O–H groups in total. The van der Waals surface area contributed by atoms with Crippen LogP contribution in [-0.4, -0.2) is 0 Å². The smallest absolute Gasteiger partial charge is 0.137 e. The zero-order valence-electron chi connectivity index (χ0n) is 9.70. The van der Waals surface area contributed by atoms with Crippen molar-refractivity contribution in [3.63, 3.8) is 0 Å². The van der Waals surface area contributed by atoms with Gasteiger partial charge in [0.2, 0.25) is 0 Å². The van der Waals surface area contributed by atoms with Gasteiger partial charge in [0.1, 0.15) is 18.2 Å². The van der Waals surface area contributed by atoms with Crippen LogP contribution in [-0.2, 0) is 13.2 Å². The van der Waals surface area contributed by atoms with Crippen LogP contribution in [0, 0.1) is 5.82 Å². The predicted octanol–water partition coefficient (Wildman–Crippen LogP) is 3.63. The van der Waals surface area contributed by atoms with E-state index in [2.05, 4.69) is 15.9 Å². The first-order chi connectivity index (χ1) is 8.70. The molecule has 0 amide bonds. The van der Waals surface area contributed by atoms with Crippen LogP contribution in [0.3, 0.4) is 0 Å². The van der Waals surface area contributed by atoms with E-state index < -0.39 is 0 Å². The minimum atomic E-state index is -0.283. The van der Waals surface area contributed by atoms with Gasteiger partial charge in [-0.1, -0.05) is 24.3 Å². The lowest BCUT2D eigenvalue weighted by atomic mass is 10.2. The highest BCUT2D eigenvalue weighted by Gasteiger charge is 2.05. The zero-order chi connectivity index (χ0) is 13.0.